The summed E-state index contributed by atoms with van der Waals surface area (Å²) in [5.41, 5.74) is 3.10. The fourth-order valence-corrected chi connectivity index (χ4v) is 4.58. The van der Waals surface area contributed by atoms with Crippen LogP contribution in [0.2, 0.25) is 0 Å². The minimum atomic E-state index is -4.63. The molecule has 0 aliphatic rings. The molecule has 1 heterocycles. The monoisotopic (exact) mass is 522 g/mol. The van der Waals surface area contributed by atoms with Crippen LogP contribution in [-0.4, -0.2) is 9.78 Å². The number of benzene rings is 4. The van der Waals surface area contributed by atoms with Crippen molar-refractivity contribution < 1.29 is 26.7 Å². The third kappa shape index (κ3) is 4.98. The Bertz CT molecular complexity index is 1620. The van der Waals surface area contributed by atoms with Crippen molar-refractivity contribution in [3.05, 3.63) is 118 Å². The van der Waals surface area contributed by atoms with Crippen LogP contribution in [-0.2, 0) is 19.3 Å². The summed E-state index contributed by atoms with van der Waals surface area (Å²) in [6.07, 6.45) is -4.63. The predicted molar refractivity (Wildman–Crippen MR) is 136 cm³/mol. The molecule has 0 N–H and O–H groups in total. The molecule has 4 aromatic carbocycles. The minimum absolute atomic E-state index is 0.0939. The molecule has 0 fully saturated rings. The number of alkyl halides is 3. The second kappa shape index (κ2) is 9.93. The van der Waals surface area contributed by atoms with Crippen LogP contribution in [0.25, 0.3) is 22.2 Å². The van der Waals surface area contributed by atoms with Gasteiger partial charge in [-0.1, -0.05) is 48.5 Å². The van der Waals surface area contributed by atoms with E-state index in [2.05, 4.69) is 5.10 Å². The smallest absolute Gasteiger partial charge is 0.418 e. The van der Waals surface area contributed by atoms with Gasteiger partial charge < -0.3 is 4.74 Å². The van der Waals surface area contributed by atoms with Crippen LogP contribution in [0, 0.1) is 25.5 Å². The second-order valence-electron chi connectivity index (χ2n) is 9.13. The number of hydrogen-bond acceptors (Lipinski definition) is 2. The lowest BCUT2D eigenvalue weighted by atomic mass is 10.0. The maximum absolute atomic E-state index is 14.5. The van der Waals surface area contributed by atoms with Crippen molar-refractivity contribution in [3.8, 4) is 17.0 Å². The van der Waals surface area contributed by atoms with Crippen LogP contribution in [0.15, 0.2) is 78.9 Å². The molecular formula is C30H23F5N2O. The van der Waals surface area contributed by atoms with Gasteiger partial charge in [0.2, 0.25) is 0 Å². The van der Waals surface area contributed by atoms with Crippen molar-refractivity contribution in [1.82, 2.24) is 9.78 Å². The molecule has 1 aromatic heterocycles. The van der Waals surface area contributed by atoms with Gasteiger partial charge in [0.05, 0.1) is 17.8 Å². The summed E-state index contributed by atoms with van der Waals surface area (Å²) in [6.45, 7) is 4.13. The largest absolute Gasteiger partial charge is 0.489 e. The average molecular weight is 523 g/mol. The van der Waals surface area contributed by atoms with Gasteiger partial charge in [0.15, 0.2) is 0 Å². The molecule has 0 saturated carbocycles. The third-order valence-corrected chi connectivity index (χ3v) is 6.55. The van der Waals surface area contributed by atoms with E-state index in [0.29, 0.717) is 23.6 Å². The molecule has 5 aromatic rings. The van der Waals surface area contributed by atoms with Crippen LogP contribution in [0.5, 0.6) is 5.75 Å². The Hall–Kier alpha value is -4.20. The highest BCUT2D eigenvalue weighted by Crippen LogP contribution is 2.39. The van der Waals surface area contributed by atoms with E-state index in [0.717, 1.165) is 34.9 Å². The van der Waals surface area contributed by atoms with Crippen molar-refractivity contribution in [2.24, 2.45) is 0 Å². The van der Waals surface area contributed by atoms with Gasteiger partial charge in [0.25, 0.3) is 0 Å². The van der Waals surface area contributed by atoms with Crippen LogP contribution in [0.4, 0.5) is 22.0 Å². The van der Waals surface area contributed by atoms with Crippen molar-refractivity contribution in [2.45, 2.75) is 33.2 Å². The summed E-state index contributed by atoms with van der Waals surface area (Å²) in [4.78, 5) is 0. The topological polar surface area (TPSA) is 27.1 Å². The molecule has 8 heteroatoms. The Kier molecular flexibility index (Phi) is 6.65. The van der Waals surface area contributed by atoms with E-state index in [9.17, 15) is 22.0 Å². The molecular weight excluding hydrogens is 499 g/mol. The number of fused-ring (bicyclic) bond motifs is 1. The number of aryl methyl sites for hydroxylation is 2. The zero-order valence-corrected chi connectivity index (χ0v) is 20.6. The number of rotatable bonds is 6. The number of hydrogen-bond donors (Lipinski definition) is 0. The summed E-state index contributed by atoms with van der Waals surface area (Å²) in [5, 5.41) is 4.51. The molecule has 5 rings (SSSR count). The van der Waals surface area contributed by atoms with E-state index >= 15 is 0 Å². The lowest BCUT2D eigenvalue weighted by Crippen LogP contribution is -2.07. The molecule has 0 spiro atoms. The summed E-state index contributed by atoms with van der Waals surface area (Å²) >= 11 is 0. The fourth-order valence-electron chi connectivity index (χ4n) is 4.58. The molecule has 0 unspecified atom stereocenters. The number of ether oxygens (including phenoxy) is 1. The fraction of sp³-hybridized carbons (Fsp3) is 0.167. The van der Waals surface area contributed by atoms with Crippen LogP contribution in [0.1, 0.15) is 27.8 Å². The normalized spacial score (nSPS) is 11.8. The van der Waals surface area contributed by atoms with Crippen LogP contribution >= 0.6 is 0 Å². The van der Waals surface area contributed by atoms with E-state index in [-0.39, 0.29) is 23.0 Å². The predicted octanol–water partition coefficient (Wildman–Crippen LogP) is 8.24. The van der Waals surface area contributed by atoms with Crippen molar-refractivity contribution >= 4 is 10.9 Å². The van der Waals surface area contributed by atoms with Gasteiger partial charge in [-0.3, -0.25) is 4.68 Å². The standard InChI is InChI=1S/C30H23F5N2O/c1-18-6-3-7-19(2)25(18)17-38-23-9-4-8-20(14-23)29-24-10-5-11-26(30(33,34)35)28(24)36-37(29)16-21-12-13-22(31)15-27(21)32/h3-15H,16-17H2,1-2H3. The highest BCUT2D eigenvalue weighted by Gasteiger charge is 2.34. The Balaban J connectivity index is 1.60. The Morgan fingerprint density at radius 1 is 0.842 bits per heavy atom. The van der Waals surface area contributed by atoms with E-state index < -0.39 is 23.4 Å². The third-order valence-electron chi connectivity index (χ3n) is 6.55. The first-order valence-electron chi connectivity index (χ1n) is 11.9. The lowest BCUT2D eigenvalue weighted by Gasteiger charge is -2.13. The van der Waals surface area contributed by atoms with Crippen molar-refractivity contribution in [3.63, 3.8) is 0 Å². The SMILES string of the molecule is Cc1cccc(C)c1COc1cccc(-c2c3cccc(C(F)(F)F)c3nn2Cc2ccc(F)cc2F)c1. The molecule has 3 nitrogen and oxygen atoms in total. The Morgan fingerprint density at radius 2 is 1.55 bits per heavy atom. The molecule has 0 amide bonds. The first-order valence-corrected chi connectivity index (χ1v) is 11.9. The highest BCUT2D eigenvalue weighted by atomic mass is 19.4. The number of aromatic nitrogens is 2. The Labute approximate surface area is 216 Å². The molecule has 0 atom stereocenters. The zero-order valence-electron chi connectivity index (χ0n) is 20.6. The van der Waals surface area contributed by atoms with E-state index in [1.165, 1.54) is 16.8 Å². The average Bonchev–Trinajstić information content (AvgIpc) is 3.23. The van der Waals surface area contributed by atoms with Gasteiger partial charge in [-0.15, -0.1) is 0 Å². The lowest BCUT2D eigenvalue weighted by molar-refractivity contribution is -0.136. The van der Waals surface area contributed by atoms with Crippen molar-refractivity contribution in [2.75, 3.05) is 0 Å². The van der Waals surface area contributed by atoms with Gasteiger partial charge in [-0.25, -0.2) is 8.78 Å². The molecule has 194 valence electrons. The maximum Gasteiger partial charge on any atom is 0.418 e. The summed E-state index contributed by atoms with van der Waals surface area (Å²) < 4.78 is 76.8. The van der Waals surface area contributed by atoms with Crippen LogP contribution in [0.3, 0.4) is 0 Å². The summed E-state index contributed by atoms with van der Waals surface area (Å²) in [7, 11) is 0. The zero-order chi connectivity index (χ0) is 27.0. The number of nitrogens with zero attached hydrogens (tertiary/aromatic N) is 2. The molecule has 38 heavy (non-hydrogen) atoms. The van der Waals surface area contributed by atoms with Gasteiger partial charge in [0.1, 0.15) is 29.5 Å². The van der Waals surface area contributed by atoms with E-state index in [1.54, 1.807) is 30.3 Å². The first kappa shape index (κ1) is 25.4. The molecule has 0 aliphatic carbocycles. The van der Waals surface area contributed by atoms with Crippen molar-refractivity contribution in [1.29, 1.82) is 0 Å². The molecule has 0 radical (unpaired) electrons. The molecule has 0 saturated heterocycles. The minimum Gasteiger partial charge on any atom is -0.489 e. The van der Waals surface area contributed by atoms with Gasteiger partial charge in [-0.05, 0) is 54.8 Å². The highest BCUT2D eigenvalue weighted by molar-refractivity contribution is 5.95. The van der Waals surface area contributed by atoms with Crippen LogP contribution < -0.4 is 4.74 Å². The van der Waals surface area contributed by atoms with E-state index in [4.69, 9.17) is 4.74 Å². The number of halogens is 5. The quantitative estimate of drug-likeness (QED) is 0.210. The van der Waals surface area contributed by atoms with Gasteiger partial charge in [0, 0.05) is 22.6 Å². The Morgan fingerprint density at radius 3 is 2.26 bits per heavy atom. The summed E-state index contributed by atoms with van der Waals surface area (Å²) in [5.74, 6) is -1.03. The van der Waals surface area contributed by atoms with E-state index in [1.807, 2.05) is 32.0 Å². The molecule has 0 bridgehead atoms. The second-order valence-corrected chi connectivity index (χ2v) is 9.13. The van der Waals surface area contributed by atoms with Gasteiger partial charge >= 0.3 is 6.18 Å². The summed E-state index contributed by atoms with van der Waals surface area (Å²) in [6, 6.07) is 19.9. The van der Waals surface area contributed by atoms with Gasteiger partial charge in [-0.2, -0.15) is 18.3 Å². The maximum atomic E-state index is 14.5. The first-order chi connectivity index (χ1) is 18.1. The molecule has 0 aliphatic heterocycles.